The van der Waals surface area contributed by atoms with Crippen LogP contribution in [0.25, 0.3) is 0 Å². The van der Waals surface area contributed by atoms with Crippen LogP contribution in [0, 0.1) is 5.82 Å². The Morgan fingerprint density at radius 2 is 2.27 bits per heavy atom. The van der Waals surface area contributed by atoms with Crippen LogP contribution in [0.15, 0.2) is 30.6 Å². The molecule has 7 heteroatoms. The van der Waals surface area contributed by atoms with Crippen molar-refractivity contribution in [1.29, 1.82) is 0 Å². The lowest BCUT2D eigenvalue weighted by atomic mass is 10.1. The summed E-state index contributed by atoms with van der Waals surface area (Å²) in [7, 11) is 1.80. The molecule has 1 amide bonds. The number of hydrogen-bond acceptors (Lipinski definition) is 3. The lowest BCUT2D eigenvalue weighted by molar-refractivity contribution is -0.126. The number of piperidine rings is 1. The second-order valence-corrected chi connectivity index (χ2v) is 5.59. The fraction of sp³-hybridized carbons (Fsp3) is 0.333. The third-order valence-electron chi connectivity index (χ3n) is 3.56. The summed E-state index contributed by atoms with van der Waals surface area (Å²) in [6, 6.07) is 3.87. The van der Waals surface area contributed by atoms with Crippen molar-refractivity contribution >= 4 is 23.2 Å². The fourth-order valence-corrected chi connectivity index (χ4v) is 2.69. The molecule has 0 N–H and O–H groups in total. The van der Waals surface area contributed by atoms with Crippen LogP contribution in [0.1, 0.15) is 12.8 Å². The molecule has 1 aromatic heterocycles. The Morgan fingerprint density at radius 3 is 2.95 bits per heavy atom. The summed E-state index contributed by atoms with van der Waals surface area (Å²) in [6.45, 7) is 0.627. The third-order valence-corrected chi connectivity index (χ3v) is 3.85. The molecule has 22 heavy (non-hydrogen) atoms. The first-order valence-electron chi connectivity index (χ1n) is 6.96. The number of nitrogens with zero attached hydrogens (tertiary/aromatic N) is 3. The van der Waals surface area contributed by atoms with Crippen LogP contribution in [0.2, 0.25) is 5.02 Å². The number of carbonyl (C=O) groups excluding carboxylic acids is 1. The van der Waals surface area contributed by atoms with Crippen molar-refractivity contribution < 1.29 is 13.9 Å². The Balaban J connectivity index is 1.78. The van der Waals surface area contributed by atoms with Crippen molar-refractivity contribution in [2.45, 2.75) is 18.9 Å². The molecule has 5 nitrogen and oxygen atoms in total. The zero-order valence-electron chi connectivity index (χ0n) is 12.0. The van der Waals surface area contributed by atoms with Gasteiger partial charge in [-0.05, 0) is 31.0 Å². The molecule has 2 heterocycles. The first-order chi connectivity index (χ1) is 10.5. The molecule has 1 fully saturated rings. The van der Waals surface area contributed by atoms with Crippen LogP contribution in [0.3, 0.4) is 0 Å². The second-order valence-electron chi connectivity index (χ2n) is 5.19. The largest absolute Gasteiger partial charge is 0.479 e. The van der Waals surface area contributed by atoms with Crippen LogP contribution in [0.4, 0.5) is 10.1 Å². The van der Waals surface area contributed by atoms with E-state index in [1.807, 2.05) is 0 Å². The number of halogens is 2. The zero-order chi connectivity index (χ0) is 15.7. The summed E-state index contributed by atoms with van der Waals surface area (Å²) in [5.74, 6) is -0.265. The van der Waals surface area contributed by atoms with Gasteiger partial charge in [0, 0.05) is 19.8 Å². The SMILES string of the molecule is Cn1cc(N2CCC[C@H](Oc3ccc(F)cc3Cl)C2=O)cn1. The minimum Gasteiger partial charge on any atom is -0.479 e. The highest BCUT2D eigenvalue weighted by Gasteiger charge is 2.32. The van der Waals surface area contributed by atoms with Crippen molar-refractivity contribution in [2.75, 3.05) is 11.4 Å². The number of rotatable bonds is 3. The van der Waals surface area contributed by atoms with Crippen LogP contribution in [-0.4, -0.2) is 28.3 Å². The number of anilines is 1. The Bertz CT molecular complexity index is 704. The Kier molecular flexibility index (Phi) is 4.02. The smallest absolute Gasteiger partial charge is 0.268 e. The molecule has 0 saturated carbocycles. The molecule has 2 aromatic rings. The number of amides is 1. The molecule has 0 bridgehead atoms. The molecular formula is C15H15ClFN3O2. The van der Waals surface area contributed by atoms with Gasteiger partial charge in [-0.2, -0.15) is 5.10 Å². The lowest BCUT2D eigenvalue weighted by Crippen LogP contribution is -2.46. The van der Waals surface area contributed by atoms with Gasteiger partial charge in [0.15, 0.2) is 6.10 Å². The maximum absolute atomic E-state index is 13.1. The van der Waals surface area contributed by atoms with E-state index in [0.29, 0.717) is 18.7 Å². The fourth-order valence-electron chi connectivity index (χ4n) is 2.48. The minimum atomic E-state index is -0.628. The maximum Gasteiger partial charge on any atom is 0.268 e. The normalized spacial score (nSPS) is 18.6. The van der Waals surface area contributed by atoms with Gasteiger partial charge in [0.2, 0.25) is 0 Å². The average Bonchev–Trinajstić information content (AvgIpc) is 2.90. The molecule has 1 atom stereocenters. The van der Waals surface area contributed by atoms with Crippen molar-refractivity contribution in [3.8, 4) is 5.75 Å². The Morgan fingerprint density at radius 1 is 1.45 bits per heavy atom. The number of aromatic nitrogens is 2. The summed E-state index contributed by atoms with van der Waals surface area (Å²) < 4.78 is 20.4. The number of ether oxygens (including phenoxy) is 1. The van der Waals surface area contributed by atoms with Gasteiger partial charge in [-0.3, -0.25) is 9.48 Å². The highest BCUT2D eigenvalue weighted by molar-refractivity contribution is 6.32. The van der Waals surface area contributed by atoms with Gasteiger partial charge in [-0.25, -0.2) is 4.39 Å². The molecular weight excluding hydrogens is 309 g/mol. The molecule has 116 valence electrons. The van der Waals surface area contributed by atoms with Crippen molar-refractivity contribution in [1.82, 2.24) is 9.78 Å². The molecule has 1 saturated heterocycles. The second kappa shape index (κ2) is 5.96. The highest BCUT2D eigenvalue weighted by atomic mass is 35.5. The molecule has 1 aliphatic heterocycles. The van der Waals surface area contributed by atoms with Crippen LogP contribution >= 0.6 is 11.6 Å². The predicted molar refractivity (Wildman–Crippen MR) is 80.6 cm³/mol. The van der Waals surface area contributed by atoms with E-state index in [1.165, 1.54) is 18.2 Å². The van der Waals surface area contributed by atoms with E-state index in [1.54, 1.807) is 29.0 Å². The van der Waals surface area contributed by atoms with E-state index >= 15 is 0 Å². The topological polar surface area (TPSA) is 47.4 Å². The van der Waals surface area contributed by atoms with Gasteiger partial charge in [0.05, 0.1) is 16.9 Å². The van der Waals surface area contributed by atoms with E-state index in [-0.39, 0.29) is 10.9 Å². The maximum atomic E-state index is 13.1. The third kappa shape index (κ3) is 2.92. The number of hydrogen-bond donors (Lipinski definition) is 0. The Labute approximate surface area is 132 Å². The standard InChI is InChI=1S/C15H15ClFN3O2/c1-19-9-11(8-18-19)20-6-2-3-14(15(20)21)22-13-5-4-10(17)7-12(13)16/h4-5,7-9,14H,2-3,6H2,1H3/t14-/m0/s1. The monoisotopic (exact) mass is 323 g/mol. The molecule has 0 radical (unpaired) electrons. The Hall–Kier alpha value is -2.08. The van der Waals surface area contributed by atoms with E-state index < -0.39 is 11.9 Å². The average molecular weight is 324 g/mol. The van der Waals surface area contributed by atoms with Crippen molar-refractivity contribution in [2.24, 2.45) is 7.05 Å². The van der Waals surface area contributed by atoms with Gasteiger partial charge in [-0.1, -0.05) is 11.6 Å². The van der Waals surface area contributed by atoms with Crippen LogP contribution in [0.5, 0.6) is 5.75 Å². The molecule has 0 spiro atoms. The molecule has 0 aliphatic carbocycles. The van der Waals surface area contributed by atoms with Crippen molar-refractivity contribution in [3.63, 3.8) is 0 Å². The molecule has 0 unspecified atom stereocenters. The first kappa shape index (κ1) is 14.8. The van der Waals surface area contributed by atoms with E-state index in [4.69, 9.17) is 16.3 Å². The first-order valence-corrected chi connectivity index (χ1v) is 7.34. The molecule has 1 aromatic carbocycles. The van der Waals surface area contributed by atoms with E-state index in [0.717, 1.165) is 12.1 Å². The van der Waals surface area contributed by atoms with Crippen LogP contribution in [-0.2, 0) is 11.8 Å². The van der Waals surface area contributed by atoms with Crippen LogP contribution < -0.4 is 9.64 Å². The summed E-state index contributed by atoms with van der Waals surface area (Å²) in [5.41, 5.74) is 0.742. The molecule has 3 rings (SSSR count). The summed E-state index contributed by atoms with van der Waals surface area (Å²) in [6.07, 6.45) is 4.21. The number of benzene rings is 1. The zero-order valence-corrected chi connectivity index (χ0v) is 12.8. The van der Waals surface area contributed by atoms with Gasteiger partial charge in [0.25, 0.3) is 5.91 Å². The van der Waals surface area contributed by atoms with E-state index in [9.17, 15) is 9.18 Å². The molecule has 1 aliphatic rings. The minimum absolute atomic E-state index is 0.139. The van der Waals surface area contributed by atoms with Gasteiger partial charge >= 0.3 is 0 Å². The highest BCUT2D eigenvalue weighted by Crippen LogP contribution is 2.29. The lowest BCUT2D eigenvalue weighted by Gasteiger charge is -2.31. The van der Waals surface area contributed by atoms with Crippen molar-refractivity contribution in [3.05, 3.63) is 41.4 Å². The summed E-state index contributed by atoms with van der Waals surface area (Å²) >= 11 is 5.95. The number of aryl methyl sites for hydroxylation is 1. The summed E-state index contributed by atoms with van der Waals surface area (Å²) in [5, 5.41) is 4.24. The quantitative estimate of drug-likeness (QED) is 0.872. The number of carbonyl (C=O) groups is 1. The predicted octanol–water partition coefficient (Wildman–Crippen LogP) is 2.79. The summed E-state index contributed by atoms with van der Waals surface area (Å²) in [4.78, 5) is 14.2. The van der Waals surface area contributed by atoms with Gasteiger partial charge in [-0.15, -0.1) is 0 Å². The van der Waals surface area contributed by atoms with Gasteiger partial charge < -0.3 is 9.64 Å². The van der Waals surface area contributed by atoms with Gasteiger partial charge in [0.1, 0.15) is 11.6 Å². The van der Waals surface area contributed by atoms with E-state index in [2.05, 4.69) is 5.10 Å².